The highest BCUT2D eigenvalue weighted by Crippen LogP contribution is 2.52. The van der Waals surface area contributed by atoms with Crippen LogP contribution in [0, 0.1) is 24.7 Å². The highest BCUT2D eigenvalue weighted by molar-refractivity contribution is 7.10. The molecule has 1 aliphatic carbocycles. The van der Waals surface area contributed by atoms with E-state index in [1.165, 1.54) is 29.4 Å². The molecular formula is C22H26N4O3S. The highest BCUT2D eigenvalue weighted by atomic mass is 32.1. The van der Waals surface area contributed by atoms with E-state index in [2.05, 4.69) is 38.6 Å². The van der Waals surface area contributed by atoms with Gasteiger partial charge in [-0.15, -0.1) is 4.37 Å². The van der Waals surface area contributed by atoms with Crippen LogP contribution in [0.1, 0.15) is 29.2 Å². The van der Waals surface area contributed by atoms with Crippen LogP contribution in [0.5, 0.6) is 6.01 Å². The lowest BCUT2D eigenvalue weighted by Gasteiger charge is -2.20. The van der Waals surface area contributed by atoms with Gasteiger partial charge in [0.05, 0.1) is 7.11 Å². The van der Waals surface area contributed by atoms with E-state index in [4.69, 9.17) is 9.47 Å². The van der Waals surface area contributed by atoms with Crippen molar-refractivity contribution in [3.8, 4) is 6.01 Å². The SMILES string of the molecule is C/C=C1/OCc2c1ccc(CCN1CC3C(C1)C3C(=O)Nc1nc(OC)ns1)c2C. The van der Waals surface area contributed by atoms with E-state index in [9.17, 15) is 4.79 Å². The molecule has 2 atom stereocenters. The van der Waals surface area contributed by atoms with Crippen molar-refractivity contribution >= 4 is 28.3 Å². The summed E-state index contributed by atoms with van der Waals surface area (Å²) in [6.07, 6.45) is 3.07. The Labute approximate surface area is 180 Å². The normalized spacial score (nSPS) is 25.7. The van der Waals surface area contributed by atoms with Crippen molar-refractivity contribution in [1.29, 1.82) is 0 Å². The van der Waals surface area contributed by atoms with Crippen molar-refractivity contribution in [3.05, 3.63) is 40.5 Å². The fraction of sp³-hybridized carbons (Fsp3) is 0.500. The minimum atomic E-state index is 0.0673. The zero-order chi connectivity index (χ0) is 20.8. The van der Waals surface area contributed by atoms with Crippen LogP contribution in [-0.4, -0.2) is 46.9 Å². The quantitative estimate of drug-likeness (QED) is 0.765. The second-order valence-electron chi connectivity index (χ2n) is 8.26. The number of likely N-dealkylation sites (tertiary alicyclic amines) is 1. The average molecular weight is 427 g/mol. The Morgan fingerprint density at radius 3 is 2.90 bits per heavy atom. The van der Waals surface area contributed by atoms with Crippen molar-refractivity contribution in [1.82, 2.24) is 14.3 Å². The average Bonchev–Trinajstić information content (AvgIpc) is 3.17. The number of hydrogen-bond donors (Lipinski definition) is 1. The van der Waals surface area contributed by atoms with Crippen molar-refractivity contribution in [2.75, 3.05) is 32.1 Å². The van der Waals surface area contributed by atoms with Gasteiger partial charge in [-0.1, -0.05) is 12.1 Å². The van der Waals surface area contributed by atoms with Crippen molar-refractivity contribution in [3.63, 3.8) is 0 Å². The fourth-order valence-electron chi connectivity index (χ4n) is 4.96. The first-order valence-electron chi connectivity index (χ1n) is 10.4. The summed E-state index contributed by atoms with van der Waals surface area (Å²) in [4.78, 5) is 19.1. The summed E-state index contributed by atoms with van der Waals surface area (Å²) in [6, 6.07) is 4.74. The van der Waals surface area contributed by atoms with Crippen molar-refractivity contribution in [2.24, 2.45) is 17.8 Å². The first-order chi connectivity index (χ1) is 14.6. The molecular weight excluding hydrogens is 400 g/mol. The van der Waals surface area contributed by atoms with Gasteiger partial charge in [-0.2, -0.15) is 4.98 Å². The van der Waals surface area contributed by atoms with E-state index < -0.39 is 0 Å². The molecule has 5 rings (SSSR count). The van der Waals surface area contributed by atoms with E-state index in [0.717, 1.165) is 43.3 Å². The minimum absolute atomic E-state index is 0.0673. The number of anilines is 1. The number of nitrogens with one attached hydrogen (secondary N) is 1. The number of rotatable bonds is 6. The van der Waals surface area contributed by atoms with Gasteiger partial charge in [-0.05, 0) is 49.3 Å². The molecule has 0 bridgehead atoms. The molecule has 1 aromatic heterocycles. The lowest BCUT2D eigenvalue weighted by molar-refractivity contribution is -0.118. The summed E-state index contributed by atoms with van der Waals surface area (Å²) in [5.41, 5.74) is 5.33. The summed E-state index contributed by atoms with van der Waals surface area (Å²) in [5, 5.41) is 3.40. The lowest BCUT2D eigenvalue weighted by Crippen LogP contribution is -2.30. The molecule has 1 saturated heterocycles. The van der Waals surface area contributed by atoms with E-state index in [1.807, 2.05) is 13.0 Å². The van der Waals surface area contributed by atoms with E-state index in [1.54, 1.807) is 0 Å². The van der Waals surface area contributed by atoms with E-state index in [-0.39, 0.29) is 11.8 Å². The summed E-state index contributed by atoms with van der Waals surface area (Å²) < 4.78 is 14.8. The van der Waals surface area contributed by atoms with Gasteiger partial charge in [0, 0.05) is 48.2 Å². The number of allylic oxidation sites excluding steroid dienone is 1. The first kappa shape index (κ1) is 19.5. The van der Waals surface area contributed by atoms with Crippen LogP contribution >= 0.6 is 11.5 Å². The smallest absolute Gasteiger partial charge is 0.329 e. The van der Waals surface area contributed by atoms with E-state index in [0.29, 0.717) is 29.6 Å². The number of carbonyl (C=O) groups excluding carboxylic acids is 1. The Hall–Kier alpha value is -2.45. The molecule has 7 nitrogen and oxygen atoms in total. The number of nitrogens with zero attached hydrogens (tertiary/aromatic N) is 3. The Morgan fingerprint density at radius 2 is 2.20 bits per heavy atom. The molecule has 8 heteroatoms. The van der Waals surface area contributed by atoms with Gasteiger partial charge in [-0.3, -0.25) is 4.79 Å². The largest absolute Gasteiger partial charge is 0.489 e. The van der Waals surface area contributed by atoms with Gasteiger partial charge in [0.2, 0.25) is 11.0 Å². The number of carbonyl (C=O) groups is 1. The zero-order valence-corrected chi connectivity index (χ0v) is 18.3. The molecule has 2 aromatic rings. The van der Waals surface area contributed by atoms with Crippen LogP contribution in [0.15, 0.2) is 18.2 Å². The third-order valence-corrected chi connectivity index (χ3v) is 7.31. The second-order valence-corrected chi connectivity index (χ2v) is 9.01. The van der Waals surface area contributed by atoms with Crippen LogP contribution in [0.4, 0.5) is 5.13 Å². The number of hydrogen-bond acceptors (Lipinski definition) is 7. The monoisotopic (exact) mass is 426 g/mol. The second kappa shape index (κ2) is 7.67. The molecule has 30 heavy (non-hydrogen) atoms. The van der Waals surface area contributed by atoms with Crippen molar-refractivity contribution in [2.45, 2.75) is 26.9 Å². The molecule has 1 aromatic carbocycles. The van der Waals surface area contributed by atoms with Gasteiger partial charge in [-0.25, -0.2) is 0 Å². The molecule has 1 saturated carbocycles. The maximum absolute atomic E-state index is 12.5. The molecule has 0 radical (unpaired) electrons. The van der Waals surface area contributed by atoms with Gasteiger partial charge in [0.25, 0.3) is 0 Å². The van der Waals surface area contributed by atoms with Crippen LogP contribution in [0.25, 0.3) is 5.76 Å². The van der Waals surface area contributed by atoms with Gasteiger partial charge < -0.3 is 19.7 Å². The minimum Gasteiger partial charge on any atom is -0.489 e. The number of fused-ring (bicyclic) bond motifs is 2. The topological polar surface area (TPSA) is 76.6 Å². The summed E-state index contributed by atoms with van der Waals surface area (Å²) in [5.74, 6) is 2.10. The van der Waals surface area contributed by atoms with Crippen LogP contribution in [-0.2, 0) is 22.6 Å². The molecule has 2 unspecified atom stereocenters. The number of ether oxygens (including phenoxy) is 2. The lowest BCUT2D eigenvalue weighted by atomic mass is 9.96. The number of methoxy groups -OCH3 is 1. The first-order valence-corrected chi connectivity index (χ1v) is 11.2. The molecule has 2 aliphatic heterocycles. The number of amides is 1. The predicted molar refractivity (Wildman–Crippen MR) is 115 cm³/mol. The standard InChI is InChI=1S/C22H26N4O3S/c1-4-18-14-6-5-13(12(2)17(14)11-29-18)7-8-26-9-15-16(10-26)19(15)20(27)23-22-24-21(28-3)25-30-22/h4-6,15-16,19H,7-11H2,1-3H3,(H,23,24,25,27)/b18-4+. The molecule has 0 spiro atoms. The molecule has 1 N–H and O–H groups in total. The Balaban J connectivity index is 1.13. The van der Waals surface area contributed by atoms with Gasteiger partial charge in [0.1, 0.15) is 12.4 Å². The molecule has 158 valence electrons. The third kappa shape index (κ3) is 3.37. The number of benzene rings is 1. The molecule has 3 aliphatic rings. The van der Waals surface area contributed by atoms with Gasteiger partial charge in [0.15, 0.2) is 0 Å². The Kier molecular flexibility index (Phi) is 4.99. The van der Waals surface area contributed by atoms with Crippen LogP contribution in [0.3, 0.4) is 0 Å². The Morgan fingerprint density at radius 1 is 1.40 bits per heavy atom. The Bertz CT molecular complexity index is 1010. The summed E-state index contributed by atoms with van der Waals surface area (Å²) >= 11 is 1.15. The molecule has 2 fully saturated rings. The molecule has 1 amide bonds. The molecule has 3 heterocycles. The van der Waals surface area contributed by atoms with Crippen LogP contribution in [0.2, 0.25) is 0 Å². The third-order valence-electron chi connectivity index (χ3n) is 6.70. The predicted octanol–water partition coefficient (Wildman–Crippen LogP) is 3.11. The maximum atomic E-state index is 12.5. The van der Waals surface area contributed by atoms with E-state index >= 15 is 0 Å². The number of piperidine rings is 1. The zero-order valence-electron chi connectivity index (χ0n) is 17.5. The summed E-state index contributed by atoms with van der Waals surface area (Å²) in [6.45, 7) is 7.94. The fourth-order valence-corrected chi connectivity index (χ4v) is 5.50. The highest BCUT2D eigenvalue weighted by Gasteiger charge is 2.59. The summed E-state index contributed by atoms with van der Waals surface area (Å²) in [7, 11) is 1.52. The van der Waals surface area contributed by atoms with Crippen LogP contribution < -0.4 is 10.1 Å². The number of aromatic nitrogens is 2. The van der Waals surface area contributed by atoms with Crippen molar-refractivity contribution < 1.29 is 14.3 Å². The maximum Gasteiger partial charge on any atom is 0.329 e. The van der Waals surface area contributed by atoms with Gasteiger partial charge >= 0.3 is 6.01 Å².